The molecule has 2 rings (SSSR count). The van der Waals surface area contributed by atoms with Gasteiger partial charge < -0.3 is 15.4 Å². The van der Waals surface area contributed by atoms with Crippen molar-refractivity contribution in [3.8, 4) is 0 Å². The Labute approximate surface area is 149 Å². The van der Waals surface area contributed by atoms with Crippen LogP contribution in [0.2, 0.25) is 0 Å². The first-order valence-corrected chi connectivity index (χ1v) is 10.0. The Balaban J connectivity index is 2.08. The molecule has 0 bridgehead atoms. The molecule has 1 amide bonds. The first kappa shape index (κ1) is 19.8. The molecule has 1 fully saturated rings. The van der Waals surface area contributed by atoms with Crippen LogP contribution in [0, 0.1) is 5.92 Å². The second kappa shape index (κ2) is 8.75. The van der Waals surface area contributed by atoms with Gasteiger partial charge in [0.25, 0.3) is 5.91 Å². The Morgan fingerprint density at radius 2 is 1.84 bits per heavy atom. The molecule has 3 N–H and O–H groups in total. The summed E-state index contributed by atoms with van der Waals surface area (Å²) in [6.07, 6.45) is 0.670. The highest BCUT2D eigenvalue weighted by atomic mass is 32.2. The number of carbonyl (C=O) groups is 1. The van der Waals surface area contributed by atoms with Gasteiger partial charge in [-0.05, 0) is 36.6 Å². The summed E-state index contributed by atoms with van der Waals surface area (Å²) in [5, 5.41) is 0. The number of benzene rings is 1. The Morgan fingerprint density at radius 3 is 2.36 bits per heavy atom. The molecule has 0 saturated carbocycles. The summed E-state index contributed by atoms with van der Waals surface area (Å²) in [6, 6.07) is 5.70. The van der Waals surface area contributed by atoms with Crippen LogP contribution in [-0.4, -0.2) is 58.1 Å². The highest BCUT2D eigenvalue weighted by Gasteiger charge is 2.22. The topological polar surface area (TPSA) is 102 Å². The lowest BCUT2D eigenvalue weighted by atomic mass is 10.1. The molecule has 1 atom stereocenters. The molecule has 0 radical (unpaired) electrons. The van der Waals surface area contributed by atoms with Crippen LogP contribution in [0.15, 0.2) is 29.2 Å². The zero-order chi connectivity index (χ0) is 18.4. The first-order chi connectivity index (χ1) is 11.8. The van der Waals surface area contributed by atoms with Crippen LogP contribution in [0.4, 0.5) is 0 Å². The van der Waals surface area contributed by atoms with Crippen LogP contribution in [0.1, 0.15) is 30.6 Å². The molecule has 1 aromatic rings. The lowest BCUT2D eigenvalue weighted by Crippen LogP contribution is -2.41. The van der Waals surface area contributed by atoms with Gasteiger partial charge in [0.15, 0.2) is 0 Å². The molecule has 1 aromatic carbocycles. The Bertz CT molecular complexity index is 668. The minimum absolute atomic E-state index is 0.111. The van der Waals surface area contributed by atoms with Crippen molar-refractivity contribution in [2.45, 2.75) is 31.2 Å². The van der Waals surface area contributed by atoms with Gasteiger partial charge in [0.05, 0.1) is 18.1 Å². The number of nitrogens with two attached hydrogens (primary N) is 1. The fourth-order valence-electron chi connectivity index (χ4n) is 2.77. The number of sulfonamides is 1. The van der Waals surface area contributed by atoms with Crippen molar-refractivity contribution in [2.24, 2.45) is 11.7 Å². The van der Waals surface area contributed by atoms with E-state index in [0.717, 1.165) is 0 Å². The summed E-state index contributed by atoms with van der Waals surface area (Å²) < 4.78 is 32.8. The van der Waals surface area contributed by atoms with Crippen LogP contribution >= 0.6 is 0 Å². The van der Waals surface area contributed by atoms with E-state index in [9.17, 15) is 13.2 Å². The standard InChI is InChI=1S/C17H27N3O4S/c1-13(2)11-15(12-18)19-25(22,23)16-5-3-14(4-6-16)17(21)20-7-9-24-10-8-20/h3-6,13,15,19H,7-12,18H2,1-2H3. The molecule has 1 heterocycles. The predicted octanol–water partition coefficient (Wildman–Crippen LogP) is 0.811. The fourth-order valence-corrected chi connectivity index (χ4v) is 4.04. The van der Waals surface area contributed by atoms with E-state index in [4.69, 9.17) is 10.5 Å². The summed E-state index contributed by atoms with van der Waals surface area (Å²) in [4.78, 5) is 14.2. The molecule has 1 aliphatic heterocycles. The van der Waals surface area contributed by atoms with Crippen LogP contribution in [0.3, 0.4) is 0 Å². The summed E-state index contributed by atoms with van der Waals surface area (Å²) in [6.45, 7) is 6.43. The fraction of sp³-hybridized carbons (Fsp3) is 0.588. The van der Waals surface area contributed by atoms with Gasteiger partial charge >= 0.3 is 0 Å². The summed E-state index contributed by atoms with van der Waals surface area (Å²) in [7, 11) is -3.66. The van der Waals surface area contributed by atoms with E-state index in [1.807, 2.05) is 13.8 Å². The number of carbonyl (C=O) groups excluding carboxylic acids is 1. The number of morpholine rings is 1. The van der Waals surface area contributed by atoms with E-state index >= 15 is 0 Å². The van der Waals surface area contributed by atoms with Crippen molar-refractivity contribution in [3.63, 3.8) is 0 Å². The summed E-state index contributed by atoms with van der Waals surface area (Å²) in [5.41, 5.74) is 6.14. The maximum absolute atomic E-state index is 12.5. The maximum Gasteiger partial charge on any atom is 0.254 e. The van der Waals surface area contributed by atoms with Gasteiger partial charge in [0, 0.05) is 31.2 Å². The van der Waals surface area contributed by atoms with Crippen LogP contribution in [0.5, 0.6) is 0 Å². The van der Waals surface area contributed by atoms with E-state index in [0.29, 0.717) is 44.2 Å². The zero-order valence-corrected chi connectivity index (χ0v) is 15.6. The number of hydrogen-bond donors (Lipinski definition) is 2. The second-order valence-corrected chi connectivity index (χ2v) is 8.33. The number of rotatable bonds is 7. The van der Waals surface area contributed by atoms with Gasteiger partial charge in [0.1, 0.15) is 0 Å². The van der Waals surface area contributed by atoms with E-state index in [-0.39, 0.29) is 23.4 Å². The van der Waals surface area contributed by atoms with Crippen LogP contribution < -0.4 is 10.5 Å². The van der Waals surface area contributed by atoms with E-state index in [1.54, 1.807) is 17.0 Å². The van der Waals surface area contributed by atoms with Crippen molar-refractivity contribution >= 4 is 15.9 Å². The third kappa shape index (κ3) is 5.50. The molecule has 1 aliphatic rings. The highest BCUT2D eigenvalue weighted by molar-refractivity contribution is 7.89. The monoisotopic (exact) mass is 369 g/mol. The van der Waals surface area contributed by atoms with Gasteiger partial charge in [-0.2, -0.15) is 0 Å². The van der Waals surface area contributed by atoms with Crippen molar-refractivity contribution in [3.05, 3.63) is 29.8 Å². The molecule has 0 aliphatic carbocycles. The third-order valence-electron chi connectivity index (χ3n) is 4.07. The quantitative estimate of drug-likeness (QED) is 0.741. The largest absolute Gasteiger partial charge is 0.378 e. The molecule has 7 nitrogen and oxygen atoms in total. The van der Waals surface area contributed by atoms with Crippen molar-refractivity contribution < 1.29 is 17.9 Å². The lowest BCUT2D eigenvalue weighted by Gasteiger charge is -2.26. The Morgan fingerprint density at radius 1 is 1.24 bits per heavy atom. The molecule has 1 unspecified atom stereocenters. The normalized spacial score (nSPS) is 16.9. The summed E-state index contributed by atoms with van der Waals surface area (Å²) in [5.74, 6) is 0.226. The molecular formula is C17H27N3O4S. The summed E-state index contributed by atoms with van der Waals surface area (Å²) >= 11 is 0. The third-order valence-corrected chi connectivity index (χ3v) is 5.61. The minimum atomic E-state index is -3.66. The Hall–Kier alpha value is -1.48. The van der Waals surface area contributed by atoms with Gasteiger partial charge in [-0.1, -0.05) is 13.8 Å². The van der Waals surface area contributed by atoms with Gasteiger partial charge in [0.2, 0.25) is 10.0 Å². The van der Waals surface area contributed by atoms with E-state index < -0.39 is 10.0 Å². The molecule has 140 valence electrons. The predicted molar refractivity (Wildman–Crippen MR) is 95.8 cm³/mol. The van der Waals surface area contributed by atoms with Gasteiger partial charge in [-0.25, -0.2) is 13.1 Å². The van der Waals surface area contributed by atoms with Gasteiger partial charge in [-0.3, -0.25) is 4.79 Å². The van der Waals surface area contributed by atoms with Gasteiger partial charge in [-0.15, -0.1) is 0 Å². The van der Waals surface area contributed by atoms with Crippen LogP contribution in [0.25, 0.3) is 0 Å². The molecule has 1 saturated heterocycles. The van der Waals surface area contributed by atoms with Crippen LogP contribution in [-0.2, 0) is 14.8 Å². The minimum Gasteiger partial charge on any atom is -0.378 e. The SMILES string of the molecule is CC(C)CC(CN)NS(=O)(=O)c1ccc(C(=O)N2CCOCC2)cc1. The zero-order valence-electron chi connectivity index (χ0n) is 14.8. The number of hydrogen-bond acceptors (Lipinski definition) is 5. The Kier molecular flexibility index (Phi) is 6.95. The molecule has 8 heteroatoms. The number of nitrogens with one attached hydrogen (secondary N) is 1. The first-order valence-electron chi connectivity index (χ1n) is 8.53. The molecule has 0 aromatic heterocycles. The average molecular weight is 369 g/mol. The van der Waals surface area contributed by atoms with E-state index in [2.05, 4.69) is 4.72 Å². The van der Waals surface area contributed by atoms with Crippen molar-refractivity contribution in [1.82, 2.24) is 9.62 Å². The number of nitrogens with zero attached hydrogens (tertiary/aromatic N) is 1. The van der Waals surface area contributed by atoms with Crippen molar-refractivity contribution in [1.29, 1.82) is 0 Å². The number of amides is 1. The second-order valence-electron chi connectivity index (χ2n) is 6.61. The maximum atomic E-state index is 12.5. The average Bonchev–Trinajstić information content (AvgIpc) is 2.60. The smallest absolute Gasteiger partial charge is 0.254 e. The molecule has 0 spiro atoms. The molecule has 25 heavy (non-hydrogen) atoms. The lowest BCUT2D eigenvalue weighted by molar-refractivity contribution is 0.0303. The van der Waals surface area contributed by atoms with E-state index in [1.165, 1.54) is 12.1 Å². The van der Waals surface area contributed by atoms with Crippen molar-refractivity contribution in [2.75, 3.05) is 32.8 Å². The molecular weight excluding hydrogens is 342 g/mol. The number of ether oxygens (including phenoxy) is 1. The highest BCUT2D eigenvalue weighted by Crippen LogP contribution is 2.15.